The summed E-state index contributed by atoms with van der Waals surface area (Å²) in [7, 11) is -4.84. The number of hydrogen-bond acceptors (Lipinski definition) is 5. The molecular formula is C15H21N3O3S3. The Labute approximate surface area is 150 Å². The molecule has 9 heteroatoms. The van der Waals surface area contributed by atoms with Crippen LogP contribution in [0.4, 0.5) is 5.69 Å². The van der Waals surface area contributed by atoms with Crippen molar-refractivity contribution >= 4 is 48.9 Å². The van der Waals surface area contributed by atoms with Crippen LogP contribution >= 0.6 is 12.2 Å². The van der Waals surface area contributed by atoms with Gasteiger partial charge in [0.25, 0.3) is 0 Å². The number of hydrogen-bond donors (Lipinski definition) is 2. The summed E-state index contributed by atoms with van der Waals surface area (Å²) in [5.74, 6) is 0.191. The third-order valence-corrected chi connectivity index (χ3v) is 6.69. The highest BCUT2D eigenvalue weighted by atomic mass is 32.2. The molecule has 1 aromatic rings. The molecule has 24 heavy (non-hydrogen) atoms. The Morgan fingerprint density at radius 3 is 2.58 bits per heavy atom. The molecule has 0 aromatic heterocycles. The number of aliphatic imine (C=N–C) groups is 1. The Kier molecular flexibility index (Phi) is 5.77. The number of anilines is 1. The Morgan fingerprint density at radius 1 is 1.33 bits per heavy atom. The van der Waals surface area contributed by atoms with Gasteiger partial charge in [-0.05, 0) is 31.9 Å². The first-order chi connectivity index (χ1) is 11.1. The molecule has 1 aliphatic heterocycles. The first-order valence-corrected chi connectivity index (χ1v) is 10.9. The average Bonchev–Trinajstić information content (AvgIpc) is 2.74. The normalized spacial score (nSPS) is 18.0. The van der Waals surface area contributed by atoms with Gasteiger partial charge in [-0.3, -0.25) is 8.93 Å². The topological polar surface area (TPSA) is 87.6 Å². The zero-order valence-corrected chi connectivity index (χ0v) is 16.3. The lowest BCUT2D eigenvalue weighted by Crippen LogP contribution is -2.34. The fourth-order valence-corrected chi connectivity index (χ4v) is 4.73. The van der Waals surface area contributed by atoms with Gasteiger partial charge >= 0.3 is 0 Å². The predicted molar refractivity (Wildman–Crippen MR) is 103 cm³/mol. The molecule has 0 saturated carbocycles. The van der Waals surface area contributed by atoms with Crippen LogP contribution in [-0.4, -0.2) is 34.1 Å². The molecule has 1 unspecified atom stereocenters. The minimum absolute atomic E-state index is 0.0428. The minimum atomic E-state index is -3.40. The number of nitrogens with zero attached hydrogens (tertiary/aromatic N) is 1. The van der Waals surface area contributed by atoms with Crippen LogP contribution in [0.2, 0.25) is 0 Å². The first kappa shape index (κ1) is 19.0. The number of sulfonamides is 1. The molecule has 1 atom stereocenters. The van der Waals surface area contributed by atoms with Crippen LogP contribution in [0.3, 0.4) is 0 Å². The largest absolute Gasteiger partial charge is 0.325 e. The number of para-hydroxylation sites is 1. The molecule has 0 aliphatic carbocycles. The van der Waals surface area contributed by atoms with E-state index in [1.54, 1.807) is 31.2 Å². The number of nitrogens with one attached hydrogen (secondary N) is 2. The van der Waals surface area contributed by atoms with E-state index in [-0.39, 0.29) is 11.5 Å². The van der Waals surface area contributed by atoms with E-state index in [9.17, 15) is 12.6 Å². The molecule has 1 aliphatic rings. The molecule has 0 fully saturated rings. The fourth-order valence-electron chi connectivity index (χ4n) is 2.13. The van der Waals surface area contributed by atoms with Crippen LogP contribution in [0.25, 0.3) is 0 Å². The molecule has 0 saturated heterocycles. The van der Waals surface area contributed by atoms with Crippen LogP contribution in [0.15, 0.2) is 29.3 Å². The highest BCUT2D eigenvalue weighted by molar-refractivity contribution is 8.00. The van der Waals surface area contributed by atoms with Gasteiger partial charge in [0, 0.05) is 0 Å². The number of rotatable bonds is 6. The molecule has 2 N–H and O–H groups in total. The van der Waals surface area contributed by atoms with Gasteiger partial charge in [0.05, 0.1) is 28.0 Å². The average molecular weight is 388 g/mol. The molecule has 0 amide bonds. The standard InChI is InChI=1S/C15H21N3O3S3/c1-4-9-24(20,21)18-12-8-6-5-7-11(12)10-23(19)14-16-13(22)15(2,3)17-14/h5-8,18H,4,9-10H2,1-3H3,(H,16,17,22). The summed E-state index contributed by atoms with van der Waals surface area (Å²) in [6.45, 7) is 5.49. The van der Waals surface area contributed by atoms with Crippen LogP contribution in [-0.2, 0) is 26.6 Å². The van der Waals surface area contributed by atoms with Gasteiger partial charge < -0.3 is 5.32 Å². The Balaban J connectivity index is 2.19. The van der Waals surface area contributed by atoms with Crippen molar-refractivity contribution in [2.24, 2.45) is 4.99 Å². The Bertz CT molecular complexity index is 801. The van der Waals surface area contributed by atoms with E-state index in [1.807, 2.05) is 13.8 Å². The van der Waals surface area contributed by atoms with Crippen molar-refractivity contribution in [3.63, 3.8) is 0 Å². The maximum Gasteiger partial charge on any atom is 0.232 e. The predicted octanol–water partition coefficient (Wildman–Crippen LogP) is 2.15. The number of thiocarbonyl (C=S) groups is 1. The third-order valence-electron chi connectivity index (χ3n) is 3.42. The van der Waals surface area contributed by atoms with Gasteiger partial charge in [-0.1, -0.05) is 37.3 Å². The van der Waals surface area contributed by atoms with E-state index in [0.717, 1.165) is 0 Å². The monoisotopic (exact) mass is 387 g/mol. The number of benzene rings is 1. The summed E-state index contributed by atoms with van der Waals surface area (Å²) in [5, 5.41) is 3.22. The highest BCUT2D eigenvalue weighted by Gasteiger charge is 2.32. The summed E-state index contributed by atoms with van der Waals surface area (Å²) in [5.41, 5.74) is 0.526. The van der Waals surface area contributed by atoms with Crippen molar-refractivity contribution in [2.75, 3.05) is 10.5 Å². The van der Waals surface area contributed by atoms with Crippen molar-refractivity contribution in [1.82, 2.24) is 5.32 Å². The second-order valence-electron chi connectivity index (χ2n) is 6.00. The van der Waals surface area contributed by atoms with E-state index in [4.69, 9.17) is 12.2 Å². The first-order valence-electron chi connectivity index (χ1n) is 7.52. The van der Waals surface area contributed by atoms with Gasteiger partial charge in [-0.2, -0.15) is 0 Å². The smallest absolute Gasteiger partial charge is 0.232 e. The molecule has 0 bridgehead atoms. The second kappa shape index (κ2) is 7.28. The molecule has 2 rings (SSSR count). The molecule has 0 radical (unpaired) electrons. The molecule has 6 nitrogen and oxygen atoms in total. The molecule has 0 spiro atoms. The molecule has 1 heterocycles. The van der Waals surface area contributed by atoms with Gasteiger partial charge in [-0.15, -0.1) is 0 Å². The maximum atomic E-state index is 12.6. The zero-order valence-electron chi connectivity index (χ0n) is 13.8. The minimum Gasteiger partial charge on any atom is -0.325 e. The summed E-state index contributed by atoms with van der Waals surface area (Å²) < 4.78 is 39.1. The van der Waals surface area contributed by atoms with Crippen molar-refractivity contribution < 1.29 is 12.6 Å². The van der Waals surface area contributed by atoms with Gasteiger partial charge in [0.2, 0.25) is 10.0 Å². The van der Waals surface area contributed by atoms with Crippen molar-refractivity contribution in [1.29, 1.82) is 0 Å². The fraction of sp³-hybridized carbons (Fsp3) is 0.467. The van der Waals surface area contributed by atoms with Crippen molar-refractivity contribution in [2.45, 2.75) is 38.5 Å². The molecular weight excluding hydrogens is 366 g/mol. The van der Waals surface area contributed by atoms with E-state index >= 15 is 0 Å². The maximum absolute atomic E-state index is 12.6. The molecule has 1 aromatic carbocycles. The Morgan fingerprint density at radius 2 is 2.00 bits per heavy atom. The second-order valence-corrected chi connectivity index (χ2v) is 9.61. The highest BCUT2D eigenvalue weighted by Crippen LogP contribution is 2.22. The zero-order chi connectivity index (χ0) is 18.0. The lowest BCUT2D eigenvalue weighted by Gasteiger charge is -2.12. The van der Waals surface area contributed by atoms with Gasteiger partial charge in [0.15, 0.2) is 5.17 Å². The van der Waals surface area contributed by atoms with Crippen molar-refractivity contribution in [3.05, 3.63) is 29.8 Å². The summed E-state index contributed by atoms with van der Waals surface area (Å²) in [6, 6.07) is 6.93. The third kappa shape index (κ3) is 4.61. The van der Waals surface area contributed by atoms with Crippen LogP contribution in [0, 0.1) is 0 Å². The number of amidine groups is 1. The lowest BCUT2D eigenvalue weighted by atomic mass is 10.1. The van der Waals surface area contributed by atoms with Crippen LogP contribution in [0.1, 0.15) is 32.8 Å². The SMILES string of the molecule is CCCS(=O)(=O)Nc1ccccc1CS(=O)C1=NC(C)(C)C(=S)N1. The quantitative estimate of drug-likeness (QED) is 0.730. The molecule has 132 valence electrons. The van der Waals surface area contributed by atoms with Crippen molar-refractivity contribution in [3.8, 4) is 0 Å². The Hall–Kier alpha value is -1.32. The van der Waals surface area contributed by atoms with Crippen LogP contribution in [0.5, 0.6) is 0 Å². The van der Waals surface area contributed by atoms with Gasteiger partial charge in [0.1, 0.15) is 10.5 Å². The summed E-state index contributed by atoms with van der Waals surface area (Å²) in [4.78, 5) is 4.89. The van der Waals surface area contributed by atoms with Gasteiger partial charge in [-0.25, -0.2) is 13.4 Å². The summed E-state index contributed by atoms with van der Waals surface area (Å²) in [6.07, 6.45) is 0.524. The van der Waals surface area contributed by atoms with E-state index < -0.39 is 26.4 Å². The van der Waals surface area contributed by atoms with E-state index in [0.29, 0.717) is 27.8 Å². The van der Waals surface area contributed by atoms with Crippen LogP contribution < -0.4 is 10.0 Å². The lowest BCUT2D eigenvalue weighted by molar-refractivity contribution is 0.600. The van der Waals surface area contributed by atoms with E-state index in [1.165, 1.54) is 0 Å². The van der Waals surface area contributed by atoms with E-state index in [2.05, 4.69) is 15.0 Å². The summed E-state index contributed by atoms with van der Waals surface area (Å²) >= 11 is 5.19.